The Morgan fingerprint density at radius 1 is 0.632 bits per heavy atom. The van der Waals surface area contributed by atoms with E-state index in [1.165, 1.54) is 0 Å². The number of esters is 2. The van der Waals surface area contributed by atoms with Crippen LogP contribution in [-0.2, 0) is 32.7 Å². The van der Waals surface area contributed by atoms with E-state index in [0.717, 1.165) is 64.2 Å². The van der Waals surface area contributed by atoms with Crippen molar-refractivity contribution in [2.45, 2.75) is 122 Å². The summed E-state index contributed by atoms with van der Waals surface area (Å²) < 4.78 is 34.0. The normalized spacial score (nSPS) is 15.3. The maximum atomic E-state index is 12.7. The zero-order valence-electron chi connectivity index (χ0n) is 35.6. The predicted octanol–water partition coefficient (Wildman–Crippen LogP) is 10.5. The number of carbonyl (C=O) groups is 2. The van der Waals surface area contributed by atoms with Crippen molar-refractivity contribution in [3.05, 3.63) is 109 Å². The average molecular weight is 817 g/mol. The van der Waals surface area contributed by atoms with Crippen LogP contribution >= 0.6 is 7.82 Å². The number of carbonyl (C=O) groups excluding carboxylic acids is 2. The fourth-order valence-electron chi connectivity index (χ4n) is 4.68. The van der Waals surface area contributed by atoms with Crippen molar-refractivity contribution in [3.8, 4) is 0 Å². The van der Waals surface area contributed by atoms with Gasteiger partial charge in [-0.05, 0) is 83.5 Å². The molecule has 0 saturated carbocycles. The number of quaternary nitrogens is 1. The lowest BCUT2D eigenvalue weighted by atomic mass is 10.1. The van der Waals surface area contributed by atoms with Gasteiger partial charge in [-0.1, -0.05) is 123 Å². The average Bonchev–Trinajstić information content (AvgIpc) is 3.15. The lowest BCUT2D eigenvalue weighted by Gasteiger charge is -2.24. The van der Waals surface area contributed by atoms with Crippen LogP contribution in [-0.4, -0.2) is 86.1 Å². The van der Waals surface area contributed by atoms with E-state index in [2.05, 4.69) is 98.9 Å². The Balaban J connectivity index is 4.69. The first-order valence-electron chi connectivity index (χ1n) is 20.7. The third kappa shape index (κ3) is 40.6. The summed E-state index contributed by atoms with van der Waals surface area (Å²) in [5.41, 5.74) is 0. The first kappa shape index (κ1) is 53.6. The number of nitrogens with zero attached hydrogens (tertiary/aromatic N) is 1. The summed E-state index contributed by atoms with van der Waals surface area (Å²) >= 11 is 0. The molecule has 0 heterocycles. The second-order valence-corrected chi connectivity index (χ2v) is 15.9. The van der Waals surface area contributed by atoms with Gasteiger partial charge in [0.15, 0.2) is 6.10 Å². The molecule has 0 fully saturated rings. The molecule has 0 spiro atoms. The van der Waals surface area contributed by atoms with E-state index in [1.807, 2.05) is 33.3 Å². The number of aliphatic hydroxyl groups is 1. The SMILES string of the molecule is CC/C=C\C/C=C\C/C=C\C/C=C\C=C\C(O)CCCC(=O)OC[C@H](COP(=O)(O)OCC[N+](C)(C)C)OC(=O)CCCC/C=C\C/C=C\C/C=C\C/C=C\CC. The first-order valence-corrected chi connectivity index (χ1v) is 22.2. The number of phosphoric ester groups is 1. The Morgan fingerprint density at radius 3 is 1.68 bits per heavy atom. The Kier molecular flexibility index (Phi) is 34.8. The van der Waals surface area contributed by atoms with Crippen molar-refractivity contribution in [2.75, 3.05) is 47.5 Å². The van der Waals surface area contributed by atoms with E-state index in [0.29, 0.717) is 30.3 Å². The molecular weight excluding hydrogens is 741 g/mol. The van der Waals surface area contributed by atoms with E-state index in [9.17, 15) is 24.2 Å². The van der Waals surface area contributed by atoms with Crippen molar-refractivity contribution in [1.29, 1.82) is 0 Å². The summed E-state index contributed by atoms with van der Waals surface area (Å²) in [6.45, 7) is 3.87. The number of allylic oxidation sites excluding steroid dienone is 17. The summed E-state index contributed by atoms with van der Waals surface area (Å²) in [4.78, 5) is 35.3. The van der Waals surface area contributed by atoms with Gasteiger partial charge in [-0.2, -0.15) is 0 Å². The van der Waals surface area contributed by atoms with Crippen LogP contribution < -0.4 is 0 Å². The zero-order chi connectivity index (χ0) is 42.3. The zero-order valence-corrected chi connectivity index (χ0v) is 36.5. The maximum absolute atomic E-state index is 12.7. The monoisotopic (exact) mass is 817 g/mol. The molecule has 0 bridgehead atoms. The molecule has 0 radical (unpaired) electrons. The van der Waals surface area contributed by atoms with Crippen molar-refractivity contribution in [1.82, 2.24) is 0 Å². The quantitative estimate of drug-likeness (QED) is 0.0160. The van der Waals surface area contributed by atoms with Gasteiger partial charge < -0.3 is 24.0 Å². The third-order valence-corrected chi connectivity index (χ3v) is 8.89. The highest BCUT2D eigenvalue weighted by Gasteiger charge is 2.27. The number of hydrogen-bond donors (Lipinski definition) is 2. The van der Waals surface area contributed by atoms with Gasteiger partial charge in [0, 0.05) is 12.8 Å². The number of ether oxygens (including phenoxy) is 2. The van der Waals surface area contributed by atoms with Crippen LogP contribution in [0.15, 0.2) is 109 Å². The number of aliphatic hydroxyl groups excluding tert-OH is 1. The number of rotatable bonds is 35. The smallest absolute Gasteiger partial charge is 0.462 e. The number of hydrogen-bond acceptors (Lipinski definition) is 8. The number of likely N-dealkylation sites (N-methyl/N-ethyl adjacent to an activating group) is 1. The van der Waals surface area contributed by atoms with E-state index < -0.39 is 38.6 Å². The summed E-state index contributed by atoms with van der Waals surface area (Å²) in [7, 11) is 1.32. The third-order valence-electron chi connectivity index (χ3n) is 7.90. The Morgan fingerprint density at radius 2 is 1.14 bits per heavy atom. The van der Waals surface area contributed by atoms with Crippen LogP contribution in [0.5, 0.6) is 0 Å². The van der Waals surface area contributed by atoms with Crippen LogP contribution in [0.25, 0.3) is 0 Å². The van der Waals surface area contributed by atoms with Crippen molar-refractivity contribution in [3.63, 3.8) is 0 Å². The standard InChI is InChI=1S/C46H74NO9P/c1-6-8-10-12-14-16-18-20-21-23-25-27-29-31-33-37-46(50)56-44(42-55-57(51,52)54-40-39-47(3,4)5)41-53-45(49)38-34-36-43(48)35-32-30-28-26-24-22-19-17-15-13-11-9-7-2/h8-11,14-17,20-22,24-25,27-28,30,32,35,43-44,48H,6-7,12-13,18-19,23,26,29,31,33-34,36-42H2,1-5H3/p+1/b10-8-,11-9-,16-14-,17-15-,21-20-,24-22-,27-25-,30-28-,35-32+/t43?,44-/m1/s1. The second kappa shape index (κ2) is 36.9. The molecule has 0 aromatic rings. The Hall–Kier alpha value is -3.37. The topological polar surface area (TPSA) is 129 Å². The highest BCUT2D eigenvalue weighted by Crippen LogP contribution is 2.43. The van der Waals surface area contributed by atoms with Crippen LogP contribution in [0.4, 0.5) is 0 Å². The fraction of sp³-hybridized carbons (Fsp3) is 0.565. The van der Waals surface area contributed by atoms with Gasteiger partial charge in [0.05, 0.1) is 33.9 Å². The van der Waals surface area contributed by atoms with Crippen LogP contribution in [0.3, 0.4) is 0 Å². The molecule has 0 amide bonds. The second-order valence-electron chi connectivity index (χ2n) is 14.5. The first-order chi connectivity index (χ1) is 27.4. The maximum Gasteiger partial charge on any atom is 0.472 e. The van der Waals surface area contributed by atoms with Crippen LogP contribution in [0.1, 0.15) is 110 Å². The van der Waals surface area contributed by atoms with E-state index in [1.54, 1.807) is 12.2 Å². The van der Waals surface area contributed by atoms with E-state index in [4.69, 9.17) is 18.5 Å². The number of phosphoric acid groups is 1. The van der Waals surface area contributed by atoms with Gasteiger partial charge in [0.25, 0.3) is 0 Å². The molecule has 57 heavy (non-hydrogen) atoms. The fourth-order valence-corrected chi connectivity index (χ4v) is 5.42. The van der Waals surface area contributed by atoms with Gasteiger partial charge in [0.2, 0.25) is 0 Å². The highest BCUT2D eigenvalue weighted by atomic mass is 31.2. The van der Waals surface area contributed by atoms with Crippen molar-refractivity contribution >= 4 is 19.8 Å². The van der Waals surface area contributed by atoms with E-state index >= 15 is 0 Å². The Labute approximate surface area is 345 Å². The molecule has 10 nitrogen and oxygen atoms in total. The summed E-state index contributed by atoms with van der Waals surface area (Å²) in [6.07, 6.45) is 46.1. The summed E-state index contributed by atoms with van der Waals surface area (Å²) in [6, 6.07) is 0. The molecule has 0 aliphatic rings. The summed E-state index contributed by atoms with van der Waals surface area (Å²) in [5, 5.41) is 10.3. The van der Waals surface area contributed by atoms with Crippen LogP contribution in [0.2, 0.25) is 0 Å². The van der Waals surface area contributed by atoms with Gasteiger partial charge in [-0.15, -0.1) is 0 Å². The molecule has 0 aliphatic heterocycles. The molecular formula is C46H75NO9P+. The molecule has 2 N–H and O–H groups in total. The van der Waals surface area contributed by atoms with Gasteiger partial charge in [0.1, 0.15) is 19.8 Å². The minimum absolute atomic E-state index is 0.0134. The van der Waals surface area contributed by atoms with Gasteiger partial charge in [-0.25, -0.2) is 4.57 Å². The molecule has 3 atom stereocenters. The van der Waals surface area contributed by atoms with Crippen molar-refractivity contribution in [2.24, 2.45) is 0 Å². The Bertz CT molecular complexity index is 1350. The molecule has 322 valence electrons. The minimum Gasteiger partial charge on any atom is -0.462 e. The van der Waals surface area contributed by atoms with Crippen molar-refractivity contribution < 1.29 is 47.2 Å². The molecule has 0 aromatic carbocycles. The van der Waals surface area contributed by atoms with Gasteiger partial charge in [-0.3, -0.25) is 18.6 Å². The molecule has 0 aliphatic carbocycles. The molecule has 11 heteroatoms. The minimum atomic E-state index is -4.44. The predicted molar refractivity (Wildman–Crippen MR) is 234 cm³/mol. The molecule has 2 unspecified atom stereocenters. The molecule has 0 aromatic heterocycles. The number of unbranched alkanes of at least 4 members (excludes halogenated alkanes) is 2. The molecule has 0 saturated heterocycles. The van der Waals surface area contributed by atoms with Crippen LogP contribution in [0, 0.1) is 0 Å². The highest BCUT2D eigenvalue weighted by molar-refractivity contribution is 7.47. The van der Waals surface area contributed by atoms with Gasteiger partial charge >= 0.3 is 19.8 Å². The molecule has 0 rings (SSSR count). The van der Waals surface area contributed by atoms with E-state index in [-0.39, 0.29) is 26.1 Å². The lowest BCUT2D eigenvalue weighted by molar-refractivity contribution is -0.870. The summed E-state index contributed by atoms with van der Waals surface area (Å²) in [5.74, 6) is -1.07. The lowest BCUT2D eigenvalue weighted by Crippen LogP contribution is -2.37. The largest absolute Gasteiger partial charge is 0.472 e.